The van der Waals surface area contributed by atoms with Crippen LogP contribution in [0.1, 0.15) is 19.3 Å². The molecule has 10 heteroatoms. The van der Waals surface area contributed by atoms with Crippen LogP contribution in [0.2, 0.25) is 0 Å². The maximum absolute atomic E-state index is 13.3. The summed E-state index contributed by atoms with van der Waals surface area (Å²) in [6, 6.07) is -1.82. The van der Waals surface area contributed by atoms with Crippen LogP contribution >= 0.6 is 0 Å². The number of hydrogen-bond acceptors (Lipinski definition) is 4. The first-order valence-electron chi connectivity index (χ1n) is 8.05. The fraction of sp³-hybridized carbons (Fsp3) is 1.00. The van der Waals surface area contributed by atoms with Crippen LogP contribution in [-0.4, -0.2) is 75.2 Å². The van der Waals surface area contributed by atoms with Crippen molar-refractivity contribution in [3.05, 3.63) is 0 Å². The molecule has 3 fully saturated rings. The summed E-state index contributed by atoms with van der Waals surface area (Å²) in [5, 5.41) is 3.00. The molecule has 0 radical (unpaired) electrons. The van der Waals surface area contributed by atoms with Crippen molar-refractivity contribution in [1.82, 2.24) is 19.2 Å². The molecule has 2 N–H and O–H groups in total. The molecule has 6 nitrogen and oxygen atoms in total. The van der Waals surface area contributed by atoms with E-state index in [4.69, 9.17) is 0 Å². The van der Waals surface area contributed by atoms with Gasteiger partial charge < -0.3 is 5.32 Å². The van der Waals surface area contributed by atoms with E-state index in [9.17, 15) is 21.6 Å². The molecule has 1 aliphatic carbocycles. The van der Waals surface area contributed by atoms with Gasteiger partial charge in [-0.05, 0) is 25.2 Å². The summed E-state index contributed by atoms with van der Waals surface area (Å²) in [5.74, 6) is 0.364. The minimum Gasteiger partial charge on any atom is -0.314 e. The summed E-state index contributed by atoms with van der Waals surface area (Å²) in [5.41, 5.74) is 0. The number of alkyl halides is 3. The molecule has 23 heavy (non-hydrogen) atoms. The van der Waals surface area contributed by atoms with Crippen LogP contribution in [0.5, 0.6) is 0 Å². The normalized spacial score (nSPS) is 31.6. The summed E-state index contributed by atoms with van der Waals surface area (Å²) in [6.45, 7) is 1.30. The van der Waals surface area contributed by atoms with E-state index in [0.29, 0.717) is 25.6 Å². The lowest BCUT2D eigenvalue weighted by atomic mass is 10.1. The molecule has 1 saturated carbocycles. The van der Waals surface area contributed by atoms with Crippen LogP contribution in [0.15, 0.2) is 0 Å². The first kappa shape index (κ1) is 17.4. The third-order valence-electron chi connectivity index (χ3n) is 5.10. The topological polar surface area (TPSA) is 64.7 Å². The van der Waals surface area contributed by atoms with Gasteiger partial charge in [-0.3, -0.25) is 4.90 Å². The van der Waals surface area contributed by atoms with Crippen molar-refractivity contribution < 1.29 is 21.6 Å². The van der Waals surface area contributed by atoms with Crippen molar-refractivity contribution in [2.24, 2.45) is 5.92 Å². The monoisotopic (exact) mass is 356 g/mol. The van der Waals surface area contributed by atoms with Crippen LogP contribution in [0.4, 0.5) is 13.2 Å². The van der Waals surface area contributed by atoms with Crippen molar-refractivity contribution in [3.63, 3.8) is 0 Å². The minimum absolute atomic E-state index is 0.0407. The number of rotatable bonds is 5. The van der Waals surface area contributed by atoms with E-state index in [1.807, 2.05) is 0 Å². The molecule has 2 bridgehead atoms. The van der Waals surface area contributed by atoms with Gasteiger partial charge in [-0.1, -0.05) is 0 Å². The van der Waals surface area contributed by atoms with Crippen LogP contribution in [0.3, 0.4) is 0 Å². The Hall–Kier alpha value is -0.420. The lowest BCUT2D eigenvalue weighted by Crippen LogP contribution is -2.58. The largest absolute Gasteiger partial charge is 0.405 e. The van der Waals surface area contributed by atoms with E-state index in [1.54, 1.807) is 0 Å². The van der Waals surface area contributed by atoms with Gasteiger partial charge in [-0.2, -0.15) is 25.9 Å². The van der Waals surface area contributed by atoms with Gasteiger partial charge in [0.2, 0.25) is 0 Å². The molecule has 3 aliphatic rings. The highest BCUT2D eigenvalue weighted by atomic mass is 32.2. The fourth-order valence-electron chi connectivity index (χ4n) is 3.89. The Morgan fingerprint density at radius 3 is 2.43 bits per heavy atom. The van der Waals surface area contributed by atoms with E-state index in [2.05, 4.69) is 10.0 Å². The SMILES string of the molecule is O=S(=O)(NCC(N1CCNCC1)C(F)(F)F)N1CC2CCC1C2. The highest BCUT2D eigenvalue weighted by molar-refractivity contribution is 7.87. The Balaban J connectivity index is 1.63. The lowest BCUT2D eigenvalue weighted by molar-refractivity contribution is -0.182. The first-order valence-corrected chi connectivity index (χ1v) is 9.49. The average molecular weight is 356 g/mol. The molecule has 0 aromatic carbocycles. The molecule has 3 rings (SSSR count). The van der Waals surface area contributed by atoms with Gasteiger partial charge in [0.15, 0.2) is 0 Å². The van der Waals surface area contributed by atoms with Gasteiger partial charge in [0.25, 0.3) is 10.2 Å². The van der Waals surface area contributed by atoms with Gasteiger partial charge in [-0.15, -0.1) is 0 Å². The van der Waals surface area contributed by atoms with Crippen molar-refractivity contribution in [2.75, 3.05) is 39.3 Å². The first-order chi connectivity index (χ1) is 10.8. The van der Waals surface area contributed by atoms with E-state index >= 15 is 0 Å². The van der Waals surface area contributed by atoms with E-state index in [-0.39, 0.29) is 19.1 Å². The Bertz CT molecular complexity index is 522. The van der Waals surface area contributed by atoms with Crippen LogP contribution in [-0.2, 0) is 10.2 Å². The van der Waals surface area contributed by atoms with E-state index < -0.39 is 29.0 Å². The zero-order chi connectivity index (χ0) is 16.7. The quantitative estimate of drug-likeness (QED) is 0.736. The van der Waals surface area contributed by atoms with Crippen LogP contribution < -0.4 is 10.0 Å². The highest BCUT2D eigenvalue weighted by Crippen LogP contribution is 2.38. The molecule has 2 saturated heterocycles. The molecule has 3 unspecified atom stereocenters. The van der Waals surface area contributed by atoms with Crippen molar-refractivity contribution in [1.29, 1.82) is 0 Å². The molecule has 0 aromatic rings. The molecule has 3 atom stereocenters. The van der Waals surface area contributed by atoms with Gasteiger partial charge in [0.05, 0.1) is 0 Å². The Labute approximate surface area is 134 Å². The second-order valence-corrected chi connectivity index (χ2v) is 8.31. The minimum atomic E-state index is -4.45. The summed E-state index contributed by atoms with van der Waals surface area (Å²) in [6.07, 6.45) is -1.79. The Morgan fingerprint density at radius 2 is 1.91 bits per heavy atom. The van der Waals surface area contributed by atoms with Crippen LogP contribution in [0, 0.1) is 5.92 Å². The van der Waals surface area contributed by atoms with E-state index in [1.165, 1.54) is 9.21 Å². The highest BCUT2D eigenvalue weighted by Gasteiger charge is 2.47. The average Bonchev–Trinajstić information content (AvgIpc) is 3.10. The number of piperazine rings is 1. The summed E-state index contributed by atoms with van der Waals surface area (Å²) in [7, 11) is -3.84. The summed E-state index contributed by atoms with van der Waals surface area (Å²) >= 11 is 0. The third kappa shape index (κ3) is 3.81. The standard InChI is InChI=1S/C13H23F3N4O2S/c14-13(15,16)12(19-5-3-17-4-6-19)8-18-23(21,22)20-9-10-1-2-11(20)7-10/h10-12,17-18H,1-9H2. The number of nitrogens with zero attached hydrogens (tertiary/aromatic N) is 2. The molecular weight excluding hydrogens is 333 g/mol. The maximum atomic E-state index is 13.3. The van der Waals surface area contributed by atoms with Gasteiger partial charge in [0.1, 0.15) is 6.04 Å². The fourth-order valence-corrected chi connectivity index (χ4v) is 5.41. The van der Waals surface area contributed by atoms with E-state index in [0.717, 1.165) is 19.3 Å². The van der Waals surface area contributed by atoms with Crippen molar-refractivity contribution in [2.45, 2.75) is 37.5 Å². The number of nitrogens with one attached hydrogen (secondary N) is 2. The van der Waals surface area contributed by atoms with Crippen molar-refractivity contribution >= 4 is 10.2 Å². The molecule has 0 aromatic heterocycles. The Kier molecular flexibility index (Phi) is 4.90. The van der Waals surface area contributed by atoms with Crippen LogP contribution in [0.25, 0.3) is 0 Å². The Morgan fingerprint density at radius 1 is 1.22 bits per heavy atom. The molecule has 2 aliphatic heterocycles. The number of fused-ring (bicyclic) bond motifs is 2. The number of hydrogen-bond donors (Lipinski definition) is 2. The molecular formula is C13H23F3N4O2S. The summed E-state index contributed by atoms with van der Waals surface area (Å²) in [4.78, 5) is 1.30. The van der Waals surface area contributed by atoms with Gasteiger partial charge in [0, 0.05) is 45.3 Å². The second-order valence-electron chi connectivity index (χ2n) is 6.60. The second kappa shape index (κ2) is 6.47. The number of halogens is 3. The molecule has 0 amide bonds. The maximum Gasteiger partial charge on any atom is 0.405 e. The van der Waals surface area contributed by atoms with Crippen molar-refractivity contribution in [3.8, 4) is 0 Å². The molecule has 2 heterocycles. The van der Waals surface area contributed by atoms with Gasteiger partial charge in [-0.25, -0.2) is 4.72 Å². The molecule has 0 spiro atoms. The zero-order valence-corrected chi connectivity index (χ0v) is 13.7. The third-order valence-corrected chi connectivity index (χ3v) is 6.69. The predicted molar refractivity (Wildman–Crippen MR) is 79.0 cm³/mol. The zero-order valence-electron chi connectivity index (χ0n) is 12.8. The van der Waals surface area contributed by atoms with Gasteiger partial charge >= 0.3 is 6.18 Å². The predicted octanol–water partition coefficient (Wildman–Crippen LogP) is 0.141. The molecule has 134 valence electrons. The lowest BCUT2D eigenvalue weighted by Gasteiger charge is -2.36. The number of piperidine rings is 1. The smallest absolute Gasteiger partial charge is 0.314 e. The summed E-state index contributed by atoms with van der Waals surface area (Å²) < 4.78 is 68.2.